The van der Waals surface area contributed by atoms with E-state index in [1.165, 1.54) is 6.92 Å². The summed E-state index contributed by atoms with van der Waals surface area (Å²) in [6.45, 7) is 0.0113. The minimum atomic E-state index is -4.08. The fourth-order valence-electron chi connectivity index (χ4n) is 0.568. The molecular weight excluding hydrogens is 186 g/mol. The number of sulfone groups is 1. The van der Waals surface area contributed by atoms with E-state index >= 15 is 0 Å². The van der Waals surface area contributed by atoms with Gasteiger partial charge in [0.2, 0.25) is 0 Å². The normalized spacial score (nSPS) is 16.9. The number of primary amides is 1. The van der Waals surface area contributed by atoms with Crippen molar-refractivity contribution < 1.29 is 23.4 Å². The molecule has 0 fully saturated rings. The Kier molecular flexibility index (Phi) is 3.19. The molecule has 0 aliphatic rings. The average Bonchev–Trinajstić information content (AvgIpc) is 2.02. The molecule has 4 N–H and O–H groups in total. The van der Waals surface area contributed by atoms with Crippen LogP contribution in [0, 0.1) is 0 Å². The Morgan fingerprint density at radius 2 is 2.00 bits per heavy atom. The highest BCUT2D eigenvalue weighted by Gasteiger charge is 2.46. The van der Waals surface area contributed by atoms with Crippen molar-refractivity contribution in [2.75, 3.05) is 12.4 Å². The van der Waals surface area contributed by atoms with Gasteiger partial charge >= 0.3 is 0 Å². The highest BCUT2D eigenvalue weighted by atomic mass is 32.2. The van der Waals surface area contributed by atoms with Crippen LogP contribution in [-0.2, 0) is 14.6 Å². The highest BCUT2D eigenvalue weighted by Crippen LogP contribution is 2.13. The second kappa shape index (κ2) is 3.38. The van der Waals surface area contributed by atoms with E-state index in [0.717, 1.165) is 0 Å². The summed E-state index contributed by atoms with van der Waals surface area (Å²) in [6.07, 6.45) is 0. The zero-order valence-corrected chi connectivity index (χ0v) is 7.34. The van der Waals surface area contributed by atoms with Gasteiger partial charge in [0.1, 0.15) is 0 Å². The molecule has 0 aromatic rings. The third-order valence-electron chi connectivity index (χ3n) is 1.49. The molecule has 12 heavy (non-hydrogen) atoms. The number of hydrogen-bond acceptors (Lipinski definition) is 5. The van der Waals surface area contributed by atoms with Crippen LogP contribution in [-0.4, -0.2) is 41.8 Å². The molecule has 72 valence electrons. The predicted molar refractivity (Wildman–Crippen MR) is 40.7 cm³/mol. The van der Waals surface area contributed by atoms with Crippen molar-refractivity contribution in [3.05, 3.63) is 0 Å². The van der Waals surface area contributed by atoms with Crippen LogP contribution in [0.25, 0.3) is 0 Å². The standard InChI is InChI=1S/C5H11NO5S/c1-2-12(10,11)5(9,3-7)4(6)8/h7,9H,2-3H2,1H3,(H2,6,8). The molecule has 0 aliphatic carbocycles. The Labute approximate surface area is 69.9 Å². The Morgan fingerprint density at radius 1 is 1.58 bits per heavy atom. The quantitative estimate of drug-likeness (QED) is 0.464. The third kappa shape index (κ3) is 1.57. The summed E-state index contributed by atoms with van der Waals surface area (Å²) in [6, 6.07) is 0. The smallest absolute Gasteiger partial charge is 0.268 e. The van der Waals surface area contributed by atoms with Crippen LogP contribution in [0.1, 0.15) is 6.92 Å². The van der Waals surface area contributed by atoms with Gasteiger partial charge in [-0.15, -0.1) is 0 Å². The number of aliphatic hydroxyl groups excluding tert-OH is 1. The van der Waals surface area contributed by atoms with Gasteiger partial charge in [-0.25, -0.2) is 8.42 Å². The first-order chi connectivity index (χ1) is 5.31. The predicted octanol–water partition coefficient (Wildman–Crippen LogP) is -2.41. The molecule has 0 spiro atoms. The van der Waals surface area contributed by atoms with Gasteiger partial charge in [0.05, 0.1) is 12.4 Å². The van der Waals surface area contributed by atoms with E-state index in [1.807, 2.05) is 0 Å². The van der Waals surface area contributed by atoms with Crippen molar-refractivity contribution in [2.24, 2.45) is 5.73 Å². The van der Waals surface area contributed by atoms with Gasteiger partial charge in [-0.3, -0.25) is 4.79 Å². The SMILES string of the molecule is CCS(=O)(=O)C(O)(CO)C(N)=O. The summed E-state index contributed by atoms with van der Waals surface area (Å²) in [4.78, 5) is 7.65. The number of nitrogens with two attached hydrogens (primary N) is 1. The number of hydrogen-bond donors (Lipinski definition) is 3. The Balaban J connectivity index is 5.17. The van der Waals surface area contributed by atoms with Gasteiger partial charge in [-0.2, -0.15) is 0 Å². The maximum absolute atomic E-state index is 11.0. The lowest BCUT2D eigenvalue weighted by molar-refractivity contribution is -0.131. The molecule has 0 bridgehead atoms. The molecule has 0 aromatic carbocycles. The van der Waals surface area contributed by atoms with Crippen LogP contribution in [0.3, 0.4) is 0 Å². The van der Waals surface area contributed by atoms with Crippen molar-refractivity contribution >= 4 is 15.7 Å². The van der Waals surface area contributed by atoms with Gasteiger partial charge in [0.15, 0.2) is 9.84 Å². The lowest BCUT2D eigenvalue weighted by Crippen LogP contribution is -2.54. The second-order valence-corrected chi connectivity index (χ2v) is 4.69. The lowest BCUT2D eigenvalue weighted by Gasteiger charge is -2.20. The van der Waals surface area contributed by atoms with Gasteiger partial charge in [-0.1, -0.05) is 6.92 Å². The van der Waals surface area contributed by atoms with Gasteiger partial charge in [0, 0.05) is 0 Å². The number of amides is 1. The molecule has 0 heterocycles. The number of carbonyl (C=O) groups excluding carboxylic acids is 1. The van der Waals surface area contributed by atoms with Crippen LogP contribution in [0.5, 0.6) is 0 Å². The van der Waals surface area contributed by atoms with Crippen LogP contribution in [0.15, 0.2) is 0 Å². The lowest BCUT2D eigenvalue weighted by atomic mass is 10.3. The Bertz CT molecular complexity index is 272. The largest absolute Gasteiger partial charge is 0.392 e. The minimum absolute atomic E-state index is 0.465. The molecule has 7 heteroatoms. The summed E-state index contributed by atoms with van der Waals surface area (Å²) in [5.41, 5.74) is 4.62. The van der Waals surface area contributed by atoms with E-state index in [0.29, 0.717) is 0 Å². The molecule has 0 rings (SSSR count). The first kappa shape index (κ1) is 11.3. The van der Waals surface area contributed by atoms with E-state index in [-0.39, 0.29) is 0 Å². The summed E-state index contributed by atoms with van der Waals surface area (Å²) >= 11 is 0. The zero-order chi connectivity index (χ0) is 9.99. The van der Waals surface area contributed by atoms with Crippen molar-refractivity contribution in [1.29, 1.82) is 0 Å². The summed E-state index contributed by atoms with van der Waals surface area (Å²) in [5.74, 6) is -1.93. The number of rotatable bonds is 4. The first-order valence-corrected chi connectivity index (χ1v) is 4.82. The highest BCUT2D eigenvalue weighted by molar-refractivity contribution is 7.93. The fraction of sp³-hybridized carbons (Fsp3) is 0.800. The molecule has 1 unspecified atom stereocenters. The summed E-state index contributed by atoms with van der Waals surface area (Å²) in [5, 5.41) is 17.6. The minimum Gasteiger partial charge on any atom is -0.392 e. The molecule has 0 aromatic heterocycles. The first-order valence-electron chi connectivity index (χ1n) is 3.17. The number of carbonyl (C=O) groups is 1. The Morgan fingerprint density at radius 3 is 2.08 bits per heavy atom. The third-order valence-corrected chi connectivity index (χ3v) is 3.61. The van der Waals surface area contributed by atoms with E-state index in [9.17, 15) is 13.2 Å². The molecule has 0 saturated heterocycles. The number of aliphatic hydroxyl groups is 2. The molecule has 1 amide bonds. The van der Waals surface area contributed by atoms with E-state index < -0.39 is 33.0 Å². The average molecular weight is 197 g/mol. The van der Waals surface area contributed by atoms with Crippen molar-refractivity contribution in [1.82, 2.24) is 0 Å². The van der Waals surface area contributed by atoms with E-state index in [1.54, 1.807) is 0 Å². The molecule has 0 saturated carbocycles. The second-order valence-electron chi connectivity index (χ2n) is 2.21. The zero-order valence-electron chi connectivity index (χ0n) is 6.52. The van der Waals surface area contributed by atoms with Crippen LogP contribution >= 0.6 is 0 Å². The maximum Gasteiger partial charge on any atom is 0.268 e. The van der Waals surface area contributed by atoms with Crippen molar-refractivity contribution in [3.63, 3.8) is 0 Å². The summed E-state index contributed by atoms with van der Waals surface area (Å²) < 4.78 is 22.0. The van der Waals surface area contributed by atoms with E-state index in [2.05, 4.69) is 5.73 Å². The fourth-order valence-corrected chi connectivity index (χ4v) is 1.55. The van der Waals surface area contributed by atoms with Crippen LogP contribution in [0.2, 0.25) is 0 Å². The molecule has 6 nitrogen and oxygen atoms in total. The van der Waals surface area contributed by atoms with Crippen LogP contribution < -0.4 is 5.73 Å². The van der Waals surface area contributed by atoms with Gasteiger partial charge < -0.3 is 15.9 Å². The molecule has 0 aliphatic heterocycles. The topological polar surface area (TPSA) is 118 Å². The Hall–Kier alpha value is -0.660. The molecule has 1 atom stereocenters. The summed E-state index contributed by atoms with van der Waals surface area (Å²) in [7, 11) is -4.08. The van der Waals surface area contributed by atoms with Crippen LogP contribution in [0.4, 0.5) is 0 Å². The van der Waals surface area contributed by atoms with Crippen molar-refractivity contribution in [3.8, 4) is 0 Å². The van der Waals surface area contributed by atoms with E-state index in [4.69, 9.17) is 10.2 Å². The van der Waals surface area contributed by atoms with Gasteiger partial charge in [0.25, 0.3) is 10.8 Å². The monoisotopic (exact) mass is 197 g/mol. The molecular formula is C5H11NO5S. The maximum atomic E-state index is 11.0. The molecule has 0 radical (unpaired) electrons. The van der Waals surface area contributed by atoms with Gasteiger partial charge in [-0.05, 0) is 0 Å². The van der Waals surface area contributed by atoms with Crippen molar-refractivity contribution in [2.45, 2.75) is 11.9 Å².